The first-order chi connectivity index (χ1) is 12.5. The van der Waals surface area contributed by atoms with Gasteiger partial charge in [0, 0.05) is 12.3 Å². The van der Waals surface area contributed by atoms with Gasteiger partial charge in [0.25, 0.3) is 0 Å². The number of aliphatic hydroxyl groups is 1. The Morgan fingerprint density at radius 2 is 1.67 bits per heavy atom. The quantitative estimate of drug-likeness (QED) is 0.752. The Morgan fingerprint density at radius 3 is 2.33 bits per heavy atom. The third kappa shape index (κ3) is 1.97. The Balaban J connectivity index is 1.84. The maximum absolute atomic E-state index is 12.6. The number of hydrogen-bond acceptors (Lipinski definition) is 3. The predicted molar refractivity (Wildman–Crippen MR) is 106 cm³/mol. The van der Waals surface area contributed by atoms with Gasteiger partial charge in [-0.2, -0.15) is 0 Å². The van der Waals surface area contributed by atoms with Crippen LogP contribution >= 0.6 is 0 Å². The highest BCUT2D eigenvalue weighted by Gasteiger charge is 2.74. The number of ketones is 2. The van der Waals surface area contributed by atoms with Gasteiger partial charge >= 0.3 is 0 Å². The van der Waals surface area contributed by atoms with E-state index in [1.807, 2.05) is 6.08 Å². The van der Waals surface area contributed by atoms with E-state index in [1.165, 1.54) is 5.57 Å². The fraction of sp³-hybridized carbons (Fsp3) is 0.833. The highest BCUT2D eigenvalue weighted by atomic mass is 16.3. The molecule has 0 aliphatic heterocycles. The largest absolute Gasteiger partial charge is 0.389 e. The van der Waals surface area contributed by atoms with Crippen molar-refractivity contribution >= 4 is 11.6 Å². The van der Waals surface area contributed by atoms with Crippen molar-refractivity contribution in [2.24, 2.45) is 33.0 Å². The molecule has 0 saturated heterocycles. The van der Waals surface area contributed by atoms with Gasteiger partial charge in [-0.1, -0.05) is 40.2 Å². The van der Waals surface area contributed by atoms with Crippen molar-refractivity contribution in [2.45, 2.75) is 86.0 Å². The minimum absolute atomic E-state index is 0.00782. The van der Waals surface area contributed by atoms with Crippen molar-refractivity contribution < 1.29 is 14.7 Å². The molecule has 6 atom stereocenters. The van der Waals surface area contributed by atoms with E-state index in [2.05, 4.69) is 34.6 Å². The lowest BCUT2D eigenvalue weighted by Gasteiger charge is -2.73. The summed E-state index contributed by atoms with van der Waals surface area (Å²) < 4.78 is 0. The Bertz CT molecular complexity index is 738. The molecular weight excluding hydrogens is 336 g/mol. The fourth-order valence-corrected chi connectivity index (χ4v) is 8.56. The van der Waals surface area contributed by atoms with Gasteiger partial charge in [0.2, 0.25) is 0 Å². The van der Waals surface area contributed by atoms with Crippen LogP contribution in [0, 0.1) is 33.0 Å². The maximum atomic E-state index is 12.6. The normalized spacial score (nSPS) is 51.9. The number of rotatable bonds is 2. The van der Waals surface area contributed by atoms with Gasteiger partial charge in [0.15, 0.2) is 11.6 Å². The average molecular weight is 373 g/mol. The molecule has 4 aliphatic carbocycles. The summed E-state index contributed by atoms with van der Waals surface area (Å²) in [6, 6.07) is 0. The zero-order valence-electron chi connectivity index (χ0n) is 17.8. The number of Topliss-reactive ketones (excluding diaryl/α,β-unsaturated/α-hetero) is 1. The van der Waals surface area contributed by atoms with Crippen LogP contribution < -0.4 is 0 Å². The van der Waals surface area contributed by atoms with Crippen molar-refractivity contribution in [1.82, 2.24) is 0 Å². The van der Waals surface area contributed by atoms with E-state index >= 15 is 0 Å². The molecule has 0 heterocycles. The first kappa shape index (κ1) is 19.4. The van der Waals surface area contributed by atoms with Crippen molar-refractivity contribution in [1.29, 1.82) is 0 Å². The Labute approximate surface area is 164 Å². The summed E-state index contributed by atoms with van der Waals surface area (Å²) in [6.45, 7) is 11.9. The van der Waals surface area contributed by atoms with E-state index in [4.69, 9.17) is 0 Å². The third-order valence-corrected chi connectivity index (χ3v) is 11.1. The molecule has 4 aliphatic rings. The molecule has 0 unspecified atom stereocenters. The van der Waals surface area contributed by atoms with Crippen LogP contribution in [0.5, 0.6) is 0 Å². The van der Waals surface area contributed by atoms with Gasteiger partial charge in [-0.3, -0.25) is 9.59 Å². The summed E-state index contributed by atoms with van der Waals surface area (Å²) >= 11 is 0. The van der Waals surface area contributed by atoms with Crippen LogP contribution in [0.1, 0.15) is 86.0 Å². The number of carbonyl (C=O) groups is 2. The molecule has 3 saturated carbocycles. The van der Waals surface area contributed by atoms with E-state index < -0.39 is 0 Å². The molecule has 3 nitrogen and oxygen atoms in total. The van der Waals surface area contributed by atoms with Crippen molar-refractivity contribution in [2.75, 3.05) is 6.61 Å². The molecule has 150 valence electrons. The number of aliphatic hydroxyl groups excluding tert-OH is 1. The smallest absolute Gasteiger partial charge is 0.161 e. The molecule has 0 aromatic rings. The van der Waals surface area contributed by atoms with Gasteiger partial charge in [0.05, 0.1) is 0 Å². The minimum atomic E-state index is -0.322. The zero-order valence-corrected chi connectivity index (χ0v) is 17.8. The van der Waals surface area contributed by atoms with Crippen molar-refractivity contribution in [3.63, 3.8) is 0 Å². The Morgan fingerprint density at radius 1 is 0.963 bits per heavy atom. The average Bonchev–Trinajstić information content (AvgIpc) is 2.91. The third-order valence-electron chi connectivity index (χ3n) is 11.1. The lowest BCUT2D eigenvalue weighted by atomic mass is 9.31. The zero-order chi connectivity index (χ0) is 19.9. The summed E-state index contributed by atoms with van der Waals surface area (Å²) in [4.78, 5) is 24.7. The molecule has 0 spiro atoms. The van der Waals surface area contributed by atoms with Crippen LogP contribution in [0.4, 0.5) is 0 Å². The SMILES string of the molecule is C[C@]12CCC3=CC(=O)CC[C@@]3(C)[C@]1(C)CC[C@@]1(C)[C@@H](C(=O)CO)CC[C@@]21C. The maximum Gasteiger partial charge on any atom is 0.161 e. The summed E-state index contributed by atoms with van der Waals surface area (Å²) in [7, 11) is 0. The highest BCUT2D eigenvalue weighted by molar-refractivity contribution is 5.91. The van der Waals surface area contributed by atoms with E-state index in [0.29, 0.717) is 12.2 Å². The fourth-order valence-electron chi connectivity index (χ4n) is 8.56. The second kappa shape index (κ2) is 5.55. The van der Waals surface area contributed by atoms with Gasteiger partial charge in [-0.25, -0.2) is 0 Å². The number of allylic oxidation sites excluding steroid dienone is 1. The number of carbonyl (C=O) groups excluding carboxylic acids is 2. The summed E-state index contributed by atoms with van der Waals surface area (Å²) in [5.41, 5.74) is 1.77. The molecule has 0 aromatic heterocycles. The second-order valence-electron chi connectivity index (χ2n) is 11.1. The van der Waals surface area contributed by atoms with Crippen LogP contribution in [0.15, 0.2) is 11.6 Å². The van der Waals surface area contributed by atoms with Crippen LogP contribution in [0.2, 0.25) is 0 Å². The molecule has 3 heteroatoms. The van der Waals surface area contributed by atoms with Gasteiger partial charge in [-0.05, 0) is 78.1 Å². The first-order valence-corrected chi connectivity index (χ1v) is 10.9. The monoisotopic (exact) mass is 372 g/mol. The molecular formula is C24H36O3. The summed E-state index contributed by atoms with van der Waals surface area (Å²) in [5.74, 6) is 0.335. The topological polar surface area (TPSA) is 54.4 Å². The van der Waals surface area contributed by atoms with Crippen LogP contribution in [-0.2, 0) is 9.59 Å². The van der Waals surface area contributed by atoms with Gasteiger partial charge in [-0.15, -0.1) is 0 Å². The summed E-state index contributed by atoms with van der Waals surface area (Å²) in [5, 5.41) is 9.56. The molecule has 27 heavy (non-hydrogen) atoms. The van der Waals surface area contributed by atoms with Gasteiger partial charge in [0.1, 0.15) is 6.61 Å². The minimum Gasteiger partial charge on any atom is -0.389 e. The standard InChI is InChI=1S/C24H36O3/c1-20-9-7-17(26)14-16(20)6-10-24(5)22(3)11-8-18(19(27)15-25)21(22,2)12-13-23(20,24)4/h14,18,25H,6-13,15H2,1-5H3/t18-,20-,21+,22-,23+,24-/m1/s1. The Hall–Kier alpha value is -0.960. The summed E-state index contributed by atoms with van der Waals surface area (Å²) in [6.07, 6.45) is 9.85. The van der Waals surface area contributed by atoms with Gasteiger partial charge < -0.3 is 5.11 Å². The molecule has 4 rings (SSSR count). The Kier molecular flexibility index (Phi) is 3.98. The molecule has 0 bridgehead atoms. The van der Waals surface area contributed by atoms with E-state index in [1.54, 1.807) is 0 Å². The van der Waals surface area contributed by atoms with Crippen LogP contribution in [0.25, 0.3) is 0 Å². The van der Waals surface area contributed by atoms with E-state index in [0.717, 1.165) is 44.9 Å². The number of hydrogen-bond donors (Lipinski definition) is 1. The highest BCUT2D eigenvalue weighted by Crippen LogP contribution is 2.81. The lowest BCUT2D eigenvalue weighted by molar-refractivity contribution is -0.226. The van der Waals surface area contributed by atoms with Crippen molar-refractivity contribution in [3.05, 3.63) is 11.6 Å². The van der Waals surface area contributed by atoms with Crippen LogP contribution in [-0.4, -0.2) is 23.3 Å². The van der Waals surface area contributed by atoms with E-state index in [9.17, 15) is 14.7 Å². The first-order valence-electron chi connectivity index (χ1n) is 10.9. The van der Waals surface area contributed by atoms with E-state index in [-0.39, 0.29) is 45.4 Å². The van der Waals surface area contributed by atoms with Crippen molar-refractivity contribution in [3.8, 4) is 0 Å². The predicted octanol–water partition coefficient (Wildman–Crippen LogP) is 4.87. The number of fused-ring (bicyclic) bond motifs is 5. The molecule has 3 fully saturated rings. The lowest BCUT2D eigenvalue weighted by Crippen LogP contribution is -2.66. The second-order valence-corrected chi connectivity index (χ2v) is 11.1. The molecule has 1 N–H and O–H groups in total. The molecule has 0 aromatic carbocycles. The molecule has 0 radical (unpaired) electrons. The molecule has 0 amide bonds. The van der Waals surface area contributed by atoms with Crippen LogP contribution in [0.3, 0.4) is 0 Å².